The van der Waals surface area contributed by atoms with Crippen molar-refractivity contribution < 1.29 is 17.9 Å². The van der Waals surface area contributed by atoms with E-state index in [4.69, 9.17) is 4.74 Å². The molecular weight excluding hydrogens is 435 g/mol. The van der Waals surface area contributed by atoms with Gasteiger partial charge in [-0.1, -0.05) is 65.9 Å². The summed E-state index contributed by atoms with van der Waals surface area (Å²) < 4.78 is 46.3. The van der Waals surface area contributed by atoms with Crippen LogP contribution in [-0.2, 0) is 6.18 Å². The lowest BCUT2D eigenvalue weighted by Gasteiger charge is -2.09. The van der Waals surface area contributed by atoms with E-state index in [1.807, 2.05) is 54.6 Å². The van der Waals surface area contributed by atoms with Gasteiger partial charge in [0.05, 0.1) is 23.2 Å². The van der Waals surface area contributed by atoms with Crippen LogP contribution in [0.15, 0.2) is 78.9 Å². The van der Waals surface area contributed by atoms with Crippen LogP contribution in [-0.4, -0.2) is 21.7 Å². The lowest BCUT2D eigenvalue weighted by atomic mass is 10.0. The molecule has 0 radical (unpaired) electrons. The molecule has 0 N–H and O–H groups in total. The van der Waals surface area contributed by atoms with Crippen molar-refractivity contribution in [2.45, 2.75) is 6.18 Å². The van der Waals surface area contributed by atoms with Crippen molar-refractivity contribution >= 4 is 16.3 Å². The number of benzene rings is 3. The van der Waals surface area contributed by atoms with E-state index < -0.39 is 11.7 Å². The Hall–Kier alpha value is -3.65. The van der Waals surface area contributed by atoms with E-state index in [9.17, 15) is 13.2 Å². The van der Waals surface area contributed by atoms with Crippen molar-refractivity contribution in [3.8, 4) is 38.8 Å². The highest BCUT2D eigenvalue weighted by Crippen LogP contribution is 2.41. The van der Waals surface area contributed by atoms with Crippen LogP contribution in [0, 0.1) is 0 Å². The lowest BCUT2D eigenvalue weighted by Crippen LogP contribution is -2.04. The Morgan fingerprint density at radius 1 is 0.844 bits per heavy atom. The van der Waals surface area contributed by atoms with Gasteiger partial charge < -0.3 is 4.74 Å². The summed E-state index contributed by atoms with van der Waals surface area (Å²) in [7, 11) is 1.59. The number of rotatable bonds is 4. The van der Waals surface area contributed by atoms with E-state index in [-0.39, 0.29) is 0 Å². The van der Waals surface area contributed by atoms with Gasteiger partial charge in [-0.25, -0.2) is 4.52 Å². The standard InChI is InChI=1S/C24H16F3N3OS/c1-31-19-9-5-8-17(14-19)21-20(15-10-12-18(13-11-15)24(25,26)27)30-23(32-21)28-22(29-30)16-6-3-2-4-7-16/h2-14H,1H3. The predicted molar refractivity (Wildman–Crippen MR) is 119 cm³/mol. The first-order chi connectivity index (χ1) is 15.4. The topological polar surface area (TPSA) is 39.4 Å². The monoisotopic (exact) mass is 451 g/mol. The quantitative estimate of drug-likeness (QED) is 0.301. The second kappa shape index (κ2) is 7.80. The first-order valence-corrected chi connectivity index (χ1v) is 10.5. The number of ether oxygens (including phenoxy) is 1. The normalized spacial score (nSPS) is 11.8. The van der Waals surface area contributed by atoms with Crippen LogP contribution in [0.5, 0.6) is 5.75 Å². The van der Waals surface area contributed by atoms with E-state index in [1.54, 1.807) is 11.6 Å². The van der Waals surface area contributed by atoms with Gasteiger partial charge >= 0.3 is 6.18 Å². The second-order valence-corrected chi connectivity index (χ2v) is 8.06. The number of alkyl halides is 3. The highest BCUT2D eigenvalue weighted by molar-refractivity contribution is 7.20. The van der Waals surface area contributed by atoms with Crippen molar-refractivity contribution in [2.75, 3.05) is 7.11 Å². The number of halogens is 3. The third-order valence-corrected chi connectivity index (χ3v) is 6.13. The summed E-state index contributed by atoms with van der Waals surface area (Å²) in [5.41, 5.74) is 2.34. The van der Waals surface area contributed by atoms with E-state index >= 15 is 0 Å². The average molecular weight is 451 g/mol. The number of nitrogens with zero attached hydrogens (tertiary/aromatic N) is 3. The molecule has 0 aliphatic rings. The maximum absolute atomic E-state index is 13.1. The molecule has 0 saturated carbocycles. The molecule has 0 aliphatic carbocycles. The van der Waals surface area contributed by atoms with Crippen LogP contribution in [0.25, 0.3) is 38.0 Å². The lowest BCUT2D eigenvalue weighted by molar-refractivity contribution is -0.137. The van der Waals surface area contributed by atoms with Crippen molar-refractivity contribution in [3.63, 3.8) is 0 Å². The molecule has 0 amide bonds. The molecule has 0 unspecified atom stereocenters. The third kappa shape index (κ3) is 3.62. The van der Waals surface area contributed by atoms with E-state index in [2.05, 4.69) is 10.1 Å². The van der Waals surface area contributed by atoms with Crippen LogP contribution in [0.3, 0.4) is 0 Å². The Bertz CT molecular complexity index is 1390. The van der Waals surface area contributed by atoms with Gasteiger partial charge in [-0.3, -0.25) is 0 Å². The molecule has 5 rings (SSSR count). The SMILES string of the molecule is COc1cccc(-c2sc3nc(-c4ccccc4)nn3c2-c2ccc(C(F)(F)F)cc2)c1. The summed E-state index contributed by atoms with van der Waals surface area (Å²) in [5.74, 6) is 1.24. The van der Waals surface area contributed by atoms with Crippen LogP contribution in [0.4, 0.5) is 13.2 Å². The Labute approximate surface area is 185 Å². The second-order valence-electron chi connectivity index (χ2n) is 7.08. The zero-order chi connectivity index (χ0) is 22.3. The van der Waals surface area contributed by atoms with Crippen molar-refractivity contribution in [3.05, 3.63) is 84.4 Å². The molecule has 0 bridgehead atoms. The van der Waals surface area contributed by atoms with Crippen LogP contribution in [0.2, 0.25) is 0 Å². The predicted octanol–water partition coefficient (Wildman–Crippen LogP) is 6.82. The van der Waals surface area contributed by atoms with Gasteiger partial charge in [0, 0.05) is 11.1 Å². The number of hydrogen-bond acceptors (Lipinski definition) is 4. The number of thiazole rings is 1. The molecule has 4 nitrogen and oxygen atoms in total. The van der Waals surface area contributed by atoms with Crippen molar-refractivity contribution in [2.24, 2.45) is 0 Å². The van der Waals surface area contributed by atoms with Gasteiger partial charge in [0.1, 0.15) is 5.75 Å². The molecule has 2 aromatic heterocycles. The van der Waals surface area contributed by atoms with Gasteiger partial charge in [0.25, 0.3) is 0 Å². The maximum atomic E-state index is 13.1. The maximum Gasteiger partial charge on any atom is 0.416 e. The minimum absolute atomic E-state index is 0.558. The molecular formula is C24H16F3N3OS. The number of fused-ring (bicyclic) bond motifs is 1. The molecule has 3 aromatic carbocycles. The number of methoxy groups -OCH3 is 1. The molecule has 32 heavy (non-hydrogen) atoms. The van der Waals surface area contributed by atoms with Crippen LogP contribution < -0.4 is 4.74 Å². The summed E-state index contributed by atoms with van der Waals surface area (Å²) in [4.78, 5) is 6.17. The Kier molecular flexibility index (Phi) is 4.94. The minimum Gasteiger partial charge on any atom is -0.497 e. The summed E-state index contributed by atoms with van der Waals surface area (Å²) in [5, 5.41) is 4.68. The molecule has 8 heteroatoms. The average Bonchev–Trinajstić information content (AvgIpc) is 3.37. The highest BCUT2D eigenvalue weighted by Gasteiger charge is 2.30. The number of aromatic nitrogens is 3. The molecule has 2 heterocycles. The fraction of sp³-hybridized carbons (Fsp3) is 0.0833. The van der Waals surface area contributed by atoms with Gasteiger partial charge in [-0.2, -0.15) is 18.2 Å². The first kappa shape index (κ1) is 20.3. The summed E-state index contributed by atoms with van der Waals surface area (Å²) in [6.07, 6.45) is -4.40. The van der Waals surface area contributed by atoms with Gasteiger partial charge in [0.2, 0.25) is 4.96 Å². The molecule has 5 aromatic rings. The number of hydrogen-bond donors (Lipinski definition) is 0. The van der Waals surface area contributed by atoms with Crippen molar-refractivity contribution in [1.29, 1.82) is 0 Å². The molecule has 0 spiro atoms. The first-order valence-electron chi connectivity index (χ1n) is 9.71. The Morgan fingerprint density at radius 3 is 2.25 bits per heavy atom. The van der Waals surface area contributed by atoms with Gasteiger partial charge in [0.15, 0.2) is 5.82 Å². The van der Waals surface area contributed by atoms with E-state index in [1.165, 1.54) is 23.5 Å². The molecule has 0 atom stereocenters. The largest absolute Gasteiger partial charge is 0.497 e. The third-order valence-electron chi connectivity index (χ3n) is 5.05. The molecule has 0 fully saturated rings. The van der Waals surface area contributed by atoms with Crippen LogP contribution in [0.1, 0.15) is 5.56 Å². The van der Waals surface area contributed by atoms with Gasteiger partial charge in [-0.05, 0) is 29.8 Å². The Balaban J connectivity index is 1.72. The molecule has 160 valence electrons. The highest BCUT2D eigenvalue weighted by atomic mass is 32.1. The zero-order valence-corrected chi connectivity index (χ0v) is 17.6. The van der Waals surface area contributed by atoms with Crippen LogP contribution >= 0.6 is 11.3 Å². The minimum atomic E-state index is -4.40. The van der Waals surface area contributed by atoms with Gasteiger partial charge in [-0.15, -0.1) is 5.10 Å². The van der Waals surface area contributed by atoms with E-state index in [0.717, 1.165) is 28.1 Å². The molecule has 0 saturated heterocycles. The fourth-order valence-corrected chi connectivity index (χ4v) is 4.56. The Morgan fingerprint density at radius 2 is 1.56 bits per heavy atom. The fourth-order valence-electron chi connectivity index (χ4n) is 3.49. The van der Waals surface area contributed by atoms with Crippen molar-refractivity contribution in [1.82, 2.24) is 14.6 Å². The summed E-state index contributed by atoms with van der Waals surface area (Å²) >= 11 is 1.43. The smallest absolute Gasteiger partial charge is 0.416 e. The zero-order valence-electron chi connectivity index (χ0n) is 16.8. The molecule has 0 aliphatic heterocycles. The summed E-state index contributed by atoms with van der Waals surface area (Å²) in [6.45, 7) is 0. The summed E-state index contributed by atoms with van der Waals surface area (Å²) in [6, 6.07) is 22.2. The van der Waals surface area contributed by atoms with E-state index in [0.29, 0.717) is 27.8 Å².